The maximum atomic E-state index is 10.9. The van der Waals surface area contributed by atoms with Gasteiger partial charge >= 0.3 is 7.82 Å². The summed E-state index contributed by atoms with van der Waals surface area (Å²) in [5.74, 6) is 0.0989. The number of phosphoric ester groups is 1. The first-order valence-electron chi connectivity index (χ1n) is 4.23. The molecule has 1 saturated heterocycles. The molecule has 0 amide bonds. The van der Waals surface area contributed by atoms with E-state index in [4.69, 9.17) is 17.5 Å². The second-order valence-electron chi connectivity index (χ2n) is 3.14. The van der Waals surface area contributed by atoms with E-state index >= 15 is 0 Å². The van der Waals surface area contributed by atoms with Gasteiger partial charge in [-0.25, -0.2) is 4.57 Å². The normalized spacial score (nSPS) is 34.5. The van der Waals surface area contributed by atoms with Gasteiger partial charge in [-0.3, -0.25) is 9.05 Å². The van der Waals surface area contributed by atoms with E-state index < -0.39 is 13.8 Å². The maximum Gasteiger partial charge on any atom is 0.471 e. The van der Waals surface area contributed by atoms with Crippen LogP contribution in [0, 0.1) is 12.3 Å². The van der Waals surface area contributed by atoms with Crippen LogP contribution in [0.4, 0.5) is 0 Å². The molecule has 83 valence electrons. The smallest absolute Gasteiger partial charge is 0.415 e. The van der Waals surface area contributed by atoms with E-state index in [1.807, 2.05) is 13.3 Å². The molecule has 0 aromatic carbocycles. The standard InChI is InChI=1S/C7H13BO5P.Y/c1-5-3-7(8)13-6(5)4-12-14(9,10)11-2;/h3,5-7H,4H2,1-2H3,(H,9,10);/q-1;/t5-,6-,7-;/m1./s1. The van der Waals surface area contributed by atoms with Crippen molar-refractivity contribution in [2.45, 2.75) is 19.0 Å². The summed E-state index contributed by atoms with van der Waals surface area (Å²) in [4.78, 5) is 8.95. The number of ether oxygens (including phenoxy) is 1. The van der Waals surface area contributed by atoms with Gasteiger partial charge in [-0.2, -0.15) is 0 Å². The quantitative estimate of drug-likeness (QED) is 0.465. The van der Waals surface area contributed by atoms with Crippen molar-refractivity contribution in [1.29, 1.82) is 0 Å². The molecule has 0 saturated carbocycles. The van der Waals surface area contributed by atoms with E-state index in [2.05, 4.69) is 9.05 Å². The van der Waals surface area contributed by atoms with Gasteiger partial charge in [0.1, 0.15) is 0 Å². The van der Waals surface area contributed by atoms with Crippen molar-refractivity contribution in [2.24, 2.45) is 5.92 Å². The molecule has 1 rings (SSSR count). The first-order chi connectivity index (χ1) is 6.44. The zero-order valence-electron chi connectivity index (χ0n) is 8.70. The van der Waals surface area contributed by atoms with Crippen LogP contribution in [0.1, 0.15) is 6.92 Å². The Morgan fingerprint density at radius 2 is 2.27 bits per heavy atom. The summed E-state index contributed by atoms with van der Waals surface area (Å²) in [5, 5.41) is 0. The van der Waals surface area contributed by atoms with Gasteiger partial charge in [-0.15, -0.1) is 5.92 Å². The third kappa shape index (κ3) is 5.40. The molecule has 0 aliphatic carbocycles. The van der Waals surface area contributed by atoms with Crippen LogP contribution in [0.5, 0.6) is 0 Å². The van der Waals surface area contributed by atoms with Crippen LogP contribution in [0.15, 0.2) is 0 Å². The van der Waals surface area contributed by atoms with Gasteiger partial charge in [0.2, 0.25) is 0 Å². The number of rotatable bonds is 4. The predicted molar refractivity (Wildman–Crippen MR) is 50.7 cm³/mol. The zero-order valence-corrected chi connectivity index (χ0v) is 12.4. The molecule has 15 heavy (non-hydrogen) atoms. The third-order valence-corrected chi connectivity index (χ3v) is 2.98. The molecule has 1 aliphatic heterocycles. The van der Waals surface area contributed by atoms with Crippen molar-refractivity contribution in [1.82, 2.24) is 0 Å². The minimum absolute atomic E-state index is 0. The van der Waals surface area contributed by atoms with Crippen molar-refractivity contribution >= 4 is 15.7 Å². The summed E-state index contributed by atoms with van der Waals surface area (Å²) in [7, 11) is 2.69. The van der Waals surface area contributed by atoms with Gasteiger partial charge in [0.05, 0.1) is 20.6 Å². The molecule has 3 radical (unpaired) electrons. The third-order valence-electron chi connectivity index (χ3n) is 2.04. The van der Waals surface area contributed by atoms with E-state index in [9.17, 15) is 4.57 Å². The maximum absolute atomic E-state index is 10.9. The minimum atomic E-state index is -3.91. The molecule has 0 spiro atoms. The topological polar surface area (TPSA) is 65.0 Å². The minimum Gasteiger partial charge on any atom is -0.415 e. The summed E-state index contributed by atoms with van der Waals surface area (Å²) in [6.07, 6.45) is 1.52. The van der Waals surface area contributed by atoms with Crippen LogP contribution >= 0.6 is 7.82 Å². The van der Waals surface area contributed by atoms with Gasteiger partial charge in [0.15, 0.2) is 0 Å². The van der Waals surface area contributed by atoms with Crippen LogP contribution in [-0.2, 0) is 51.1 Å². The van der Waals surface area contributed by atoms with Gasteiger partial charge in [0.25, 0.3) is 0 Å². The van der Waals surface area contributed by atoms with E-state index in [0.29, 0.717) is 0 Å². The second kappa shape index (κ2) is 6.85. The molecular weight excluding hydrogens is 295 g/mol. The SMILES string of the molecule is [B][C@H]1[CH-][C@@H](C)[C@@H](COP(=O)(O)OC)O1.[Y]. The van der Waals surface area contributed by atoms with Gasteiger partial charge in [-0.05, 0) is 0 Å². The molecular formula is C7H13BO5PY-. The van der Waals surface area contributed by atoms with E-state index in [1.165, 1.54) is 0 Å². The van der Waals surface area contributed by atoms with Gasteiger partial charge in [0, 0.05) is 39.8 Å². The van der Waals surface area contributed by atoms with Gasteiger partial charge in [-0.1, -0.05) is 12.9 Å². The Morgan fingerprint density at radius 1 is 1.67 bits per heavy atom. The van der Waals surface area contributed by atoms with Crippen molar-refractivity contribution < 1.29 is 56.0 Å². The molecule has 1 heterocycles. The molecule has 4 atom stereocenters. The van der Waals surface area contributed by atoms with Crippen LogP contribution in [0.3, 0.4) is 0 Å². The molecule has 8 heteroatoms. The second-order valence-corrected chi connectivity index (χ2v) is 4.70. The first kappa shape index (κ1) is 16.2. The molecule has 5 nitrogen and oxygen atoms in total. The van der Waals surface area contributed by atoms with E-state index in [0.717, 1.165) is 7.11 Å². The number of phosphoric acid groups is 1. The molecule has 1 N–H and O–H groups in total. The van der Waals surface area contributed by atoms with E-state index in [-0.39, 0.29) is 51.3 Å². The zero-order chi connectivity index (χ0) is 10.8. The summed E-state index contributed by atoms with van der Waals surface area (Å²) < 4.78 is 25.1. The predicted octanol–water partition coefficient (Wildman–Crippen LogP) is 0.481. The van der Waals surface area contributed by atoms with Crippen LogP contribution in [0.25, 0.3) is 0 Å². The molecule has 1 fully saturated rings. The summed E-state index contributed by atoms with van der Waals surface area (Å²) >= 11 is 0. The Balaban J connectivity index is 0.00000196. The Bertz CT molecular complexity index is 241. The fourth-order valence-electron chi connectivity index (χ4n) is 1.21. The Morgan fingerprint density at radius 3 is 2.67 bits per heavy atom. The van der Waals surface area contributed by atoms with Crippen molar-refractivity contribution in [3.8, 4) is 0 Å². The number of hydrogen-bond acceptors (Lipinski definition) is 4. The summed E-state index contributed by atoms with van der Waals surface area (Å²) in [6, 6.07) is -0.431. The Hall–Kier alpha value is 1.24. The Kier molecular flexibility index (Phi) is 7.41. The Labute approximate surface area is 116 Å². The van der Waals surface area contributed by atoms with Crippen molar-refractivity contribution in [3.63, 3.8) is 0 Å². The molecule has 1 unspecified atom stereocenters. The molecule has 0 bridgehead atoms. The molecule has 0 aromatic heterocycles. The van der Waals surface area contributed by atoms with Crippen molar-refractivity contribution in [3.05, 3.63) is 6.42 Å². The van der Waals surface area contributed by atoms with Gasteiger partial charge < -0.3 is 16.1 Å². The van der Waals surface area contributed by atoms with Crippen LogP contribution < -0.4 is 0 Å². The average molecular weight is 308 g/mol. The van der Waals surface area contributed by atoms with Crippen molar-refractivity contribution in [2.75, 3.05) is 13.7 Å². The number of hydrogen-bond donors (Lipinski definition) is 1. The molecule has 0 aromatic rings. The summed E-state index contributed by atoms with van der Waals surface area (Å²) in [6.45, 7) is 1.89. The van der Waals surface area contributed by atoms with Crippen LogP contribution in [0.2, 0.25) is 0 Å². The fraction of sp³-hybridized carbons (Fsp3) is 0.857. The largest absolute Gasteiger partial charge is 0.471 e. The average Bonchev–Trinajstić information content (AvgIpc) is 2.42. The first-order valence-corrected chi connectivity index (χ1v) is 5.73. The summed E-state index contributed by atoms with van der Waals surface area (Å²) in [5.41, 5.74) is 0. The monoisotopic (exact) mass is 308 g/mol. The fourth-order valence-corrected chi connectivity index (χ4v) is 1.65. The van der Waals surface area contributed by atoms with E-state index in [1.54, 1.807) is 0 Å². The molecule has 1 aliphatic rings. The van der Waals surface area contributed by atoms with Crippen LogP contribution in [-0.4, -0.2) is 38.6 Å².